The van der Waals surface area contributed by atoms with E-state index in [2.05, 4.69) is 4.72 Å². The number of hydrogen-bond acceptors (Lipinski definition) is 3. The number of hydrogen-bond donors (Lipinski definition) is 2. The quantitative estimate of drug-likeness (QED) is 0.761. The Balaban J connectivity index is 2.76. The number of rotatable bonds is 4. The van der Waals surface area contributed by atoms with E-state index in [-0.39, 0.29) is 10.8 Å². The molecule has 1 saturated carbocycles. The van der Waals surface area contributed by atoms with E-state index in [1.165, 1.54) is 6.42 Å². The summed E-state index contributed by atoms with van der Waals surface area (Å²) < 4.78 is 26.4. The van der Waals surface area contributed by atoms with Gasteiger partial charge in [0.15, 0.2) is 0 Å². The fraction of sp³-hybridized carbons (Fsp3) is 1.00. The molecule has 0 amide bonds. The van der Waals surface area contributed by atoms with Crippen LogP contribution in [-0.2, 0) is 10.0 Å². The minimum absolute atomic E-state index is 0.374. The summed E-state index contributed by atoms with van der Waals surface area (Å²) in [7, 11) is -3.20. The standard InChI is InChI=1S/C10H22N2O2S/c1-9(2)15(13,14)12-10(8-11)6-4-3-5-7-10/h9,12H,3-8,11H2,1-2H3. The summed E-state index contributed by atoms with van der Waals surface area (Å²) >= 11 is 0. The first-order valence-corrected chi connectivity index (χ1v) is 7.19. The maximum absolute atomic E-state index is 11.8. The van der Waals surface area contributed by atoms with Gasteiger partial charge in [-0.15, -0.1) is 0 Å². The van der Waals surface area contributed by atoms with Crippen molar-refractivity contribution in [1.82, 2.24) is 4.72 Å². The van der Waals surface area contributed by atoms with E-state index in [1.807, 2.05) is 0 Å². The summed E-state index contributed by atoms with van der Waals surface area (Å²) in [6, 6.07) is 0. The van der Waals surface area contributed by atoms with Crippen molar-refractivity contribution in [3.05, 3.63) is 0 Å². The second kappa shape index (κ2) is 4.80. The molecule has 0 unspecified atom stereocenters. The fourth-order valence-corrected chi connectivity index (χ4v) is 3.12. The first-order chi connectivity index (χ1) is 6.92. The van der Waals surface area contributed by atoms with Crippen molar-refractivity contribution in [3.63, 3.8) is 0 Å². The van der Waals surface area contributed by atoms with Gasteiger partial charge in [-0.3, -0.25) is 0 Å². The van der Waals surface area contributed by atoms with Crippen LogP contribution in [-0.4, -0.2) is 25.8 Å². The molecule has 1 aliphatic carbocycles. The predicted molar refractivity (Wildman–Crippen MR) is 62.1 cm³/mol. The van der Waals surface area contributed by atoms with Crippen LogP contribution in [0.3, 0.4) is 0 Å². The molecular weight excluding hydrogens is 212 g/mol. The Bertz CT molecular complexity index is 293. The van der Waals surface area contributed by atoms with Gasteiger partial charge in [0.1, 0.15) is 0 Å². The van der Waals surface area contributed by atoms with Crippen LogP contribution in [0.15, 0.2) is 0 Å². The molecule has 0 aromatic rings. The Morgan fingerprint density at radius 1 is 1.27 bits per heavy atom. The Kier molecular flexibility index (Phi) is 4.14. The second-order valence-corrected chi connectivity index (χ2v) is 6.98. The minimum atomic E-state index is -3.20. The van der Waals surface area contributed by atoms with Gasteiger partial charge in [0, 0.05) is 12.1 Å². The second-order valence-electron chi connectivity index (χ2n) is 4.74. The van der Waals surface area contributed by atoms with Crippen molar-refractivity contribution >= 4 is 10.0 Å². The predicted octanol–water partition coefficient (Wildman–Crippen LogP) is 0.976. The largest absolute Gasteiger partial charge is 0.329 e. The average Bonchev–Trinajstić information content (AvgIpc) is 2.18. The van der Waals surface area contributed by atoms with Crippen molar-refractivity contribution in [2.24, 2.45) is 5.73 Å². The third-order valence-corrected chi connectivity index (χ3v) is 5.14. The molecule has 0 aromatic heterocycles. The summed E-state index contributed by atoms with van der Waals surface area (Å²) in [6.07, 6.45) is 5.06. The van der Waals surface area contributed by atoms with Crippen LogP contribution in [0.1, 0.15) is 46.0 Å². The van der Waals surface area contributed by atoms with Crippen LogP contribution in [0.2, 0.25) is 0 Å². The third kappa shape index (κ3) is 3.16. The highest BCUT2D eigenvalue weighted by Crippen LogP contribution is 2.28. The monoisotopic (exact) mass is 234 g/mol. The van der Waals surface area contributed by atoms with E-state index in [4.69, 9.17) is 5.73 Å². The Labute approximate surface area is 92.7 Å². The van der Waals surface area contributed by atoms with E-state index in [0.29, 0.717) is 6.54 Å². The molecule has 15 heavy (non-hydrogen) atoms. The Morgan fingerprint density at radius 3 is 2.20 bits per heavy atom. The highest BCUT2D eigenvalue weighted by molar-refractivity contribution is 7.90. The third-order valence-electron chi connectivity index (χ3n) is 3.18. The van der Waals surface area contributed by atoms with Gasteiger partial charge < -0.3 is 5.73 Å². The van der Waals surface area contributed by atoms with Crippen LogP contribution < -0.4 is 10.5 Å². The fourth-order valence-electron chi connectivity index (χ4n) is 2.00. The van der Waals surface area contributed by atoms with Crippen molar-refractivity contribution < 1.29 is 8.42 Å². The molecule has 0 aromatic carbocycles. The lowest BCUT2D eigenvalue weighted by Crippen LogP contribution is -2.56. The molecule has 0 radical (unpaired) electrons. The van der Waals surface area contributed by atoms with Crippen molar-refractivity contribution in [3.8, 4) is 0 Å². The summed E-state index contributed by atoms with van der Waals surface area (Å²) in [5, 5.41) is -0.386. The molecule has 0 spiro atoms. The minimum Gasteiger partial charge on any atom is -0.329 e. The highest BCUT2D eigenvalue weighted by Gasteiger charge is 2.35. The zero-order chi connectivity index (χ0) is 11.5. The van der Waals surface area contributed by atoms with Gasteiger partial charge in [-0.1, -0.05) is 19.3 Å². The topological polar surface area (TPSA) is 72.2 Å². The molecule has 5 heteroatoms. The smallest absolute Gasteiger partial charge is 0.214 e. The zero-order valence-electron chi connectivity index (χ0n) is 9.62. The van der Waals surface area contributed by atoms with Gasteiger partial charge in [0.2, 0.25) is 10.0 Å². The molecule has 1 fully saturated rings. The van der Waals surface area contributed by atoms with Gasteiger partial charge in [-0.25, -0.2) is 13.1 Å². The lowest BCUT2D eigenvalue weighted by molar-refractivity contribution is 0.276. The first-order valence-electron chi connectivity index (χ1n) is 5.65. The molecule has 0 heterocycles. The molecule has 0 atom stereocenters. The number of sulfonamides is 1. The molecule has 1 rings (SSSR count). The molecule has 4 nitrogen and oxygen atoms in total. The van der Waals surface area contributed by atoms with E-state index in [9.17, 15) is 8.42 Å². The van der Waals surface area contributed by atoms with Crippen LogP contribution in [0.5, 0.6) is 0 Å². The number of nitrogens with two attached hydrogens (primary N) is 1. The van der Waals surface area contributed by atoms with Crippen molar-refractivity contribution in [2.75, 3.05) is 6.54 Å². The lowest BCUT2D eigenvalue weighted by atomic mass is 9.83. The molecular formula is C10H22N2O2S. The van der Waals surface area contributed by atoms with Crippen molar-refractivity contribution in [1.29, 1.82) is 0 Å². The van der Waals surface area contributed by atoms with Gasteiger partial charge in [0.05, 0.1) is 5.25 Å². The SMILES string of the molecule is CC(C)S(=O)(=O)NC1(CN)CCCCC1. The van der Waals surface area contributed by atoms with E-state index >= 15 is 0 Å². The van der Waals surface area contributed by atoms with Gasteiger partial charge in [-0.2, -0.15) is 0 Å². The normalized spacial score (nSPS) is 21.9. The van der Waals surface area contributed by atoms with Crippen LogP contribution in [0.4, 0.5) is 0 Å². The Morgan fingerprint density at radius 2 is 1.80 bits per heavy atom. The molecule has 1 aliphatic rings. The van der Waals surface area contributed by atoms with Crippen molar-refractivity contribution in [2.45, 2.75) is 56.7 Å². The van der Waals surface area contributed by atoms with E-state index < -0.39 is 10.0 Å². The highest BCUT2D eigenvalue weighted by atomic mass is 32.2. The summed E-state index contributed by atoms with van der Waals surface area (Å²) in [5.41, 5.74) is 5.34. The maximum Gasteiger partial charge on any atom is 0.214 e. The zero-order valence-corrected chi connectivity index (χ0v) is 10.4. The van der Waals surface area contributed by atoms with Gasteiger partial charge >= 0.3 is 0 Å². The molecule has 90 valence electrons. The van der Waals surface area contributed by atoms with E-state index in [1.54, 1.807) is 13.8 Å². The maximum atomic E-state index is 11.8. The molecule has 0 aliphatic heterocycles. The lowest BCUT2D eigenvalue weighted by Gasteiger charge is -2.37. The van der Waals surface area contributed by atoms with Gasteiger partial charge in [-0.05, 0) is 26.7 Å². The summed E-state index contributed by atoms with van der Waals surface area (Å²) in [5.74, 6) is 0. The number of nitrogens with one attached hydrogen (secondary N) is 1. The Hall–Kier alpha value is -0.130. The summed E-state index contributed by atoms with van der Waals surface area (Å²) in [6.45, 7) is 3.78. The summed E-state index contributed by atoms with van der Waals surface area (Å²) in [4.78, 5) is 0. The van der Waals surface area contributed by atoms with Crippen LogP contribution >= 0.6 is 0 Å². The molecule has 3 N–H and O–H groups in total. The van der Waals surface area contributed by atoms with E-state index in [0.717, 1.165) is 25.7 Å². The average molecular weight is 234 g/mol. The molecule has 0 bridgehead atoms. The van der Waals surface area contributed by atoms with Crippen LogP contribution in [0.25, 0.3) is 0 Å². The van der Waals surface area contributed by atoms with Crippen LogP contribution in [0, 0.1) is 0 Å². The first kappa shape index (κ1) is 12.9. The van der Waals surface area contributed by atoms with Gasteiger partial charge in [0.25, 0.3) is 0 Å². The molecule has 0 saturated heterocycles.